The summed E-state index contributed by atoms with van der Waals surface area (Å²) >= 11 is 5.86. The number of pyridine rings is 1. The van der Waals surface area contributed by atoms with Gasteiger partial charge < -0.3 is 4.74 Å². The molecule has 0 atom stereocenters. The molecular weight excluding hydrogens is 386 g/mol. The first-order valence-corrected chi connectivity index (χ1v) is 10.9. The van der Waals surface area contributed by atoms with Crippen molar-refractivity contribution in [3.05, 3.63) is 47.6 Å². The molecule has 0 aliphatic carbocycles. The monoisotopic (exact) mass is 410 g/mol. The minimum absolute atomic E-state index is 0.305. The van der Waals surface area contributed by atoms with Gasteiger partial charge in [-0.15, -0.1) is 0 Å². The number of aromatic nitrogens is 1. The van der Waals surface area contributed by atoms with Gasteiger partial charge in [0, 0.05) is 24.2 Å². The minimum atomic E-state index is -3.41. The van der Waals surface area contributed by atoms with Crippen molar-refractivity contribution in [1.82, 2.24) is 4.31 Å². The molecule has 0 radical (unpaired) electrons. The molecule has 1 fully saturated rings. The number of halogens is 1. The Kier molecular flexibility index (Phi) is 6.57. The van der Waals surface area contributed by atoms with Crippen LogP contribution in [0.3, 0.4) is 0 Å². The summed E-state index contributed by atoms with van der Waals surface area (Å²) in [7, 11) is -1.49. The minimum Gasteiger partial charge on any atom is -0.490 e. The SMILES string of the molecule is CN(CCOc1ccc(Cl)cc1)c1ccc(S(=O)(=O)N2CCCCC2)c[nH+]1. The summed E-state index contributed by atoms with van der Waals surface area (Å²) in [5.74, 6) is 1.59. The molecule has 0 bridgehead atoms. The van der Waals surface area contributed by atoms with Crippen LogP contribution in [0.4, 0.5) is 5.82 Å². The van der Waals surface area contributed by atoms with Gasteiger partial charge in [0.05, 0.1) is 7.05 Å². The Bertz CT molecular complexity index is 836. The number of nitrogens with zero attached hydrogens (tertiary/aromatic N) is 2. The van der Waals surface area contributed by atoms with Crippen molar-refractivity contribution < 1.29 is 18.1 Å². The van der Waals surface area contributed by atoms with Crippen LogP contribution >= 0.6 is 11.6 Å². The second-order valence-electron chi connectivity index (χ2n) is 6.60. The van der Waals surface area contributed by atoms with Crippen LogP contribution in [0.1, 0.15) is 19.3 Å². The van der Waals surface area contributed by atoms with E-state index in [0.717, 1.165) is 30.8 Å². The van der Waals surface area contributed by atoms with E-state index in [1.807, 2.05) is 24.1 Å². The number of aromatic amines is 1. The highest BCUT2D eigenvalue weighted by Crippen LogP contribution is 2.20. The highest BCUT2D eigenvalue weighted by Gasteiger charge is 2.27. The Balaban J connectivity index is 1.56. The van der Waals surface area contributed by atoms with E-state index in [0.29, 0.717) is 36.2 Å². The molecule has 146 valence electrons. The van der Waals surface area contributed by atoms with Crippen molar-refractivity contribution in [2.24, 2.45) is 0 Å². The molecule has 3 rings (SSSR count). The fraction of sp³-hybridized carbons (Fsp3) is 0.421. The summed E-state index contributed by atoms with van der Waals surface area (Å²) in [6.45, 7) is 2.36. The fourth-order valence-corrected chi connectivity index (χ4v) is 4.62. The van der Waals surface area contributed by atoms with E-state index in [9.17, 15) is 8.42 Å². The van der Waals surface area contributed by atoms with Crippen LogP contribution in [0.5, 0.6) is 5.75 Å². The van der Waals surface area contributed by atoms with Gasteiger partial charge in [0.15, 0.2) is 0 Å². The highest BCUT2D eigenvalue weighted by atomic mass is 35.5. The summed E-state index contributed by atoms with van der Waals surface area (Å²) in [6.07, 6.45) is 4.52. The van der Waals surface area contributed by atoms with E-state index in [1.165, 1.54) is 0 Å². The van der Waals surface area contributed by atoms with E-state index in [4.69, 9.17) is 16.3 Å². The van der Waals surface area contributed by atoms with Crippen LogP contribution in [-0.2, 0) is 10.0 Å². The quantitative estimate of drug-likeness (QED) is 0.704. The summed E-state index contributed by atoms with van der Waals surface area (Å²) in [4.78, 5) is 5.37. The number of nitrogens with one attached hydrogen (secondary N) is 1. The summed E-state index contributed by atoms with van der Waals surface area (Å²) in [6, 6.07) is 10.7. The van der Waals surface area contributed by atoms with E-state index in [2.05, 4.69) is 4.98 Å². The molecule has 1 saturated heterocycles. The van der Waals surface area contributed by atoms with Crippen molar-refractivity contribution in [3.63, 3.8) is 0 Å². The van der Waals surface area contributed by atoms with E-state index in [-0.39, 0.29) is 0 Å². The van der Waals surface area contributed by atoms with Gasteiger partial charge in [0.1, 0.15) is 30.0 Å². The first-order chi connectivity index (χ1) is 13.0. The number of H-pyrrole nitrogens is 1. The fourth-order valence-electron chi connectivity index (χ4n) is 3.01. The normalized spacial score (nSPS) is 15.5. The van der Waals surface area contributed by atoms with Crippen LogP contribution in [0, 0.1) is 0 Å². The summed E-state index contributed by atoms with van der Waals surface area (Å²) in [5, 5.41) is 0.675. The molecule has 0 unspecified atom stereocenters. The first-order valence-electron chi connectivity index (χ1n) is 9.08. The van der Waals surface area contributed by atoms with E-state index in [1.54, 1.807) is 34.8 Å². The van der Waals surface area contributed by atoms with Crippen LogP contribution in [-0.4, -0.2) is 46.0 Å². The van der Waals surface area contributed by atoms with E-state index < -0.39 is 10.0 Å². The molecular formula is C19H25ClN3O3S+. The first kappa shape index (κ1) is 19.9. The van der Waals surface area contributed by atoms with Gasteiger partial charge in [-0.25, -0.2) is 13.4 Å². The van der Waals surface area contributed by atoms with Gasteiger partial charge in [-0.05, 0) is 43.2 Å². The molecule has 0 saturated carbocycles. The molecule has 1 aliphatic rings. The number of benzene rings is 1. The topological polar surface area (TPSA) is 64.0 Å². The molecule has 1 aliphatic heterocycles. The predicted molar refractivity (Wildman–Crippen MR) is 106 cm³/mol. The van der Waals surface area contributed by atoms with Gasteiger partial charge in [-0.2, -0.15) is 4.31 Å². The third-order valence-corrected chi connectivity index (χ3v) is 6.79. The Morgan fingerprint density at radius 3 is 2.44 bits per heavy atom. The average Bonchev–Trinajstić information content (AvgIpc) is 2.70. The number of likely N-dealkylation sites (N-methyl/N-ethyl adjacent to an activating group) is 1. The molecule has 2 heterocycles. The maximum Gasteiger partial charge on any atom is 0.274 e. The largest absolute Gasteiger partial charge is 0.490 e. The van der Waals surface area contributed by atoms with Crippen LogP contribution in [0.15, 0.2) is 47.5 Å². The number of piperidine rings is 1. The van der Waals surface area contributed by atoms with Crippen molar-refractivity contribution in [3.8, 4) is 5.75 Å². The lowest BCUT2D eigenvalue weighted by molar-refractivity contribution is -0.367. The van der Waals surface area contributed by atoms with Gasteiger partial charge in [-0.3, -0.25) is 4.90 Å². The number of hydrogen-bond donors (Lipinski definition) is 0. The van der Waals surface area contributed by atoms with Crippen molar-refractivity contribution in [2.75, 3.05) is 38.2 Å². The Labute approximate surface area is 165 Å². The third-order valence-electron chi connectivity index (χ3n) is 4.64. The second kappa shape index (κ2) is 8.91. The third kappa shape index (κ3) is 5.12. The van der Waals surface area contributed by atoms with Crippen molar-refractivity contribution in [2.45, 2.75) is 24.2 Å². The van der Waals surface area contributed by atoms with Crippen molar-refractivity contribution in [1.29, 1.82) is 0 Å². The lowest BCUT2D eigenvalue weighted by atomic mass is 10.2. The molecule has 1 aromatic heterocycles. The maximum absolute atomic E-state index is 12.7. The zero-order valence-corrected chi connectivity index (χ0v) is 17.0. The zero-order chi connectivity index (χ0) is 19.3. The Morgan fingerprint density at radius 1 is 1.11 bits per heavy atom. The summed E-state index contributed by atoms with van der Waals surface area (Å²) < 4.78 is 32.6. The molecule has 1 N–H and O–H groups in total. The smallest absolute Gasteiger partial charge is 0.274 e. The second-order valence-corrected chi connectivity index (χ2v) is 8.97. The van der Waals surface area contributed by atoms with Gasteiger partial charge in [0.25, 0.3) is 5.82 Å². The molecule has 6 nitrogen and oxygen atoms in total. The number of anilines is 1. The van der Waals surface area contributed by atoms with E-state index >= 15 is 0 Å². The number of rotatable bonds is 7. The molecule has 8 heteroatoms. The van der Waals surface area contributed by atoms with Gasteiger partial charge >= 0.3 is 0 Å². The maximum atomic E-state index is 12.7. The lowest BCUT2D eigenvalue weighted by Gasteiger charge is -2.25. The molecule has 0 amide bonds. The number of ether oxygens (including phenoxy) is 1. The van der Waals surface area contributed by atoms with Crippen LogP contribution in [0.2, 0.25) is 5.02 Å². The number of hydrogen-bond acceptors (Lipinski definition) is 4. The predicted octanol–water partition coefficient (Wildman–Crippen LogP) is 2.84. The van der Waals surface area contributed by atoms with Crippen LogP contribution in [0.25, 0.3) is 0 Å². The average molecular weight is 411 g/mol. The highest BCUT2D eigenvalue weighted by molar-refractivity contribution is 7.89. The Morgan fingerprint density at radius 2 is 1.81 bits per heavy atom. The lowest BCUT2D eigenvalue weighted by Crippen LogP contribution is -2.36. The molecule has 2 aromatic rings. The standard InChI is InChI=1S/C19H24ClN3O3S/c1-22(13-14-26-17-7-5-16(20)6-8-17)19-10-9-18(15-21-19)27(24,25)23-11-3-2-4-12-23/h5-10,15H,2-4,11-14H2,1H3/p+1. The van der Waals surface area contributed by atoms with Gasteiger partial charge in [0.2, 0.25) is 10.0 Å². The molecule has 1 aromatic carbocycles. The van der Waals surface area contributed by atoms with Crippen molar-refractivity contribution >= 4 is 27.4 Å². The molecule has 0 spiro atoms. The zero-order valence-electron chi connectivity index (χ0n) is 15.4. The molecule has 27 heavy (non-hydrogen) atoms. The Hall–Kier alpha value is -1.83. The summed E-state index contributed by atoms with van der Waals surface area (Å²) in [5.41, 5.74) is 0. The van der Waals surface area contributed by atoms with Gasteiger partial charge in [-0.1, -0.05) is 18.0 Å². The van der Waals surface area contributed by atoms with Crippen LogP contribution < -0.4 is 14.6 Å². The number of sulfonamides is 1.